The highest BCUT2D eigenvalue weighted by molar-refractivity contribution is 5.98. The molecule has 0 unspecified atom stereocenters. The first-order chi connectivity index (χ1) is 30.5. The molecule has 10 heteroatoms. The first-order valence-corrected chi connectivity index (χ1v) is 21.8. The van der Waals surface area contributed by atoms with E-state index >= 15 is 0 Å². The van der Waals surface area contributed by atoms with Gasteiger partial charge in [-0.25, -0.2) is 13.2 Å². The van der Waals surface area contributed by atoms with Crippen molar-refractivity contribution in [3.63, 3.8) is 0 Å². The first-order valence-electron chi connectivity index (χ1n) is 21.8. The third kappa shape index (κ3) is 12.8. The summed E-state index contributed by atoms with van der Waals surface area (Å²) >= 11 is 0. The second-order valence-electron chi connectivity index (χ2n) is 17.0. The lowest BCUT2D eigenvalue weighted by atomic mass is 9.95. The molecule has 6 aromatic carbocycles. The molecule has 2 fully saturated rings. The molecule has 1 heterocycles. The van der Waals surface area contributed by atoms with Gasteiger partial charge in [0.05, 0.1) is 0 Å². The zero-order valence-corrected chi connectivity index (χ0v) is 35.9. The Labute approximate surface area is 376 Å². The molecule has 8 rings (SSSR count). The number of nitrogens with two attached hydrogens (primary N) is 1. The van der Waals surface area contributed by atoms with E-state index in [1.54, 1.807) is 48.5 Å². The van der Waals surface area contributed by atoms with Gasteiger partial charge >= 0.3 is 0 Å². The molecule has 0 aromatic heterocycles. The van der Waals surface area contributed by atoms with Crippen LogP contribution >= 0.6 is 0 Å². The van der Waals surface area contributed by atoms with E-state index in [9.17, 15) is 22.8 Å². The number of carbonyl (C=O) groups is 2. The van der Waals surface area contributed by atoms with Gasteiger partial charge in [0.1, 0.15) is 17.5 Å². The molecule has 1 saturated carbocycles. The van der Waals surface area contributed by atoms with Gasteiger partial charge in [0, 0.05) is 43.3 Å². The van der Waals surface area contributed by atoms with Crippen LogP contribution in [0.4, 0.5) is 13.2 Å². The van der Waals surface area contributed by atoms with E-state index in [1.165, 1.54) is 48.4 Å². The van der Waals surface area contributed by atoms with Gasteiger partial charge in [-0.3, -0.25) is 9.59 Å². The molecular formula is C54H60F3N5O2. The maximum Gasteiger partial charge on any atom is 0.251 e. The lowest BCUT2D eigenvalue weighted by molar-refractivity contribution is 0.0939. The summed E-state index contributed by atoms with van der Waals surface area (Å²) in [4.78, 5) is 26.1. The molecule has 1 aliphatic carbocycles. The first kappa shape index (κ1) is 47.4. The van der Waals surface area contributed by atoms with Gasteiger partial charge in [-0.1, -0.05) is 73.7 Å². The number of hydrogen-bond donors (Lipinski definition) is 5. The van der Waals surface area contributed by atoms with Crippen LogP contribution in [0.15, 0.2) is 133 Å². The smallest absolute Gasteiger partial charge is 0.251 e. The Kier molecular flexibility index (Phi) is 16.7. The normalized spacial score (nSPS) is 17.8. The van der Waals surface area contributed by atoms with E-state index in [2.05, 4.69) is 58.5 Å². The second-order valence-corrected chi connectivity index (χ2v) is 17.0. The topological polar surface area (TPSA) is 108 Å². The molecular weight excluding hydrogens is 808 g/mol. The Hall–Kier alpha value is -6.07. The minimum absolute atomic E-state index is 0. The highest BCUT2D eigenvalue weighted by Gasteiger charge is 2.25. The molecule has 334 valence electrons. The summed E-state index contributed by atoms with van der Waals surface area (Å²) in [5.41, 5.74) is 15.0. The quantitative estimate of drug-likeness (QED) is 0.0795. The summed E-state index contributed by atoms with van der Waals surface area (Å²) in [7, 11) is 1.99. The summed E-state index contributed by atoms with van der Waals surface area (Å²) in [5.74, 6) is 0.438. The molecule has 0 spiro atoms. The van der Waals surface area contributed by atoms with Crippen LogP contribution in [0, 0.1) is 42.1 Å². The van der Waals surface area contributed by atoms with Crippen LogP contribution in [0.25, 0.3) is 44.5 Å². The van der Waals surface area contributed by atoms with Crippen molar-refractivity contribution in [2.75, 3.05) is 39.8 Å². The zero-order valence-electron chi connectivity index (χ0n) is 35.9. The lowest BCUT2D eigenvalue weighted by Crippen LogP contribution is -2.30. The van der Waals surface area contributed by atoms with E-state index < -0.39 is 0 Å². The fourth-order valence-corrected chi connectivity index (χ4v) is 8.61. The summed E-state index contributed by atoms with van der Waals surface area (Å²) in [6.07, 6.45) is 4.48. The minimum Gasteiger partial charge on any atom is -0.352 e. The molecule has 2 amide bonds. The van der Waals surface area contributed by atoms with Crippen LogP contribution in [0.2, 0.25) is 0 Å². The zero-order chi connectivity index (χ0) is 44.3. The van der Waals surface area contributed by atoms with E-state index in [4.69, 9.17) is 5.73 Å². The van der Waals surface area contributed by atoms with Gasteiger partial charge in [-0.15, -0.1) is 0 Å². The van der Waals surface area contributed by atoms with Crippen LogP contribution in [0.1, 0.15) is 59.4 Å². The van der Waals surface area contributed by atoms with Gasteiger partial charge in [0.2, 0.25) is 0 Å². The molecule has 7 nitrogen and oxygen atoms in total. The number of aryl methyl sites for hydroxylation is 1. The van der Waals surface area contributed by atoms with Gasteiger partial charge in [-0.2, -0.15) is 0 Å². The maximum absolute atomic E-state index is 13.4. The van der Waals surface area contributed by atoms with Crippen LogP contribution in [0.5, 0.6) is 0 Å². The number of nitrogens with one attached hydrogen (secondary N) is 4. The van der Waals surface area contributed by atoms with Crippen LogP contribution < -0.4 is 27.0 Å². The standard InChI is InChI=1S/C28H31FN2O.C25H25F2N3O.CH4/c1-19-3-7-22(8-4-19)24-14-25(23-9-11-27(29)12-10-23)16-26(15-24)28(32)31-18-21-6-5-20(13-21)17-30-2;26-22-5-1-17(2-6-22)19-10-20(18-3-7-23(27)8-4-18)12-21(11-19)25(31)30-15-16-9-24(13-28)29-14-16;/h3-4,7-12,14-16,20-21,30H,5-6,13,17-18H2,1-2H3,(H,31,32);1-8,10-12,16,24,29H,9,13-15,28H2,(H,30,31);1H4/t20-,21+;16-,24+;/m11./s1. The third-order valence-electron chi connectivity index (χ3n) is 12.2. The van der Waals surface area contributed by atoms with Gasteiger partial charge in [-0.05, 0) is 181 Å². The Morgan fingerprint density at radius 2 is 0.922 bits per heavy atom. The second kappa shape index (κ2) is 22.5. The molecule has 2 aliphatic rings. The Morgan fingerprint density at radius 3 is 1.30 bits per heavy atom. The monoisotopic (exact) mass is 867 g/mol. The van der Waals surface area contributed by atoms with Crippen molar-refractivity contribution in [3.8, 4) is 44.5 Å². The number of hydrogen-bond acceptors (Lipinski definition) is 5. The number of amides is 2. The van der Waals surface area contributed by atoms with E-state index in [0.29, 0.717) is 54.6 Å². The van der Waals surface area contributed by atoms with Crippen molar-refractivity contribution in [1.29, 1.82) is 0 Å². The number of halogens is 3. The van der Waals surface area contributed by atoms with Gasteiger partial charge in [0.15, 0.2) is 0 Å². The largest absolute Gasteiger partial charge is 0.352 e. The Morgan fingerprint density at radius 1 is 0.547 bits per heavy atom. The molecule has 64 heavy (non-hydrogen) atoms. The van der Waals surface area contributed by atoms with E-state index in [1.807, 2.05) is 25.2 Å². The highest BCUT2D eigenvalue weighted by Crippen LogP contribution is 2.32. The molecule has 1 saturated heterocycles. The number of carbonyl (C=O) groups excluding carboxylic acids is 2. The number of benzene rings is 6. The molecule has 4 atom stereocenters. The van der Waals surface area contributed by atoms with Crippen molar-refractivity contribution < 1.29 is 22.8 Å². The van der Waals surface area contributed by atoms with E-state index in [0.717, 1.165) is 76.9 Å². The highest BCUT2D eigenvalue weighted by atomic mass is 19.1. The summed E-state index contributed by atoms with van der Waals surface area (Å²) in [6, 6.07) is 38.7. The van der Waals surface area contributed by atoms with Gasteiger partial charge < -0.3 is 27.0 Å². The molecule has 0 bridgehead atoms. The Balaban J connectivity index is 0.000000209. The average molecular weight is 868 g/mol. The van der Waals surface area contributed by atoms with Crippen molar-refractivity contribution in [1.82, 2.24) is 21.3 Å². The summed E-state index contributed by atoms with van der Waals surface area (Å²) in [6.45, 7) is 5.80. The SMILES string of the molecule is C.CNC[C@@H]1CC[C@H](CNC(=O)c2cc(-c3ccc(C)cc3)cc(-c3ccc(F)cc3)c2)C1.NC[C@@H]1C[C@@H](CNC(=O)c2cc(-c3ccc(F)cc3)cc(-c3ccc(F)cc3)c2)CN1. The molecule has 0 radical (unpaired) electrons. The Bertz CT molecular complexity index is 2330. The minimum atomic E-state index is -0.322. The van der Waals surface area contributed by atoms with Crippen molar-refractivity contribution in [2.24, 2.45) is 23.5 Å². The fraction of sp³-hybridized carbons (Fsp3) is 0.296. The third-order valence-corrected chi connectivity index (χ3v) is 12.2. The number of rotatable bonds is 13. The molecule has 1 aliphatic heterocycles. The fourth-order valence-electron chi connectivity index (χ4n) is 8.61. The molecule has 6 N–H and O–H groups in total. The van der Waals surface area contributed by atoms with Crippen molar-refractivity contribution in [3.05, 3.63) is 168 Å². The predicted octanol–water partition coefficient (Wildman–Crippen LogP) is 10.4. The van der Waals surface area contributed by atoms with Crippen LogP contribution in [0.3, 0.4) is 0 Å². The van der Waals surface area contributed by atoms with Crippen molar-refractivity contribution in [2.45, 2.75) is 46.1 Å². The van der Waals surface area contributed by atoms with E-state index in [-0.39, 0.29) is 36.7 Å². The predicted molar refractivity (Wildman–Crippen MR) is 254 cm³/mol. The maximum atomic E-state index is 13.4. The van der Waals surface area contributed by atoms with Crippen LogP contribution in [-0.4, -0.2) is 57.6 Å². The van der Waals surface area contributed by atoms with Gasteiger partial charge in [0.25, 0.3) is 11.8 Å². The summed E-state index contributed by atoms with van der Waals surface area (Å²) in [5, 5.41) is 12.8. The average Bonchev–Trinajstić information content (AvgIpc) is 3.98. The lowest BCUT2D eigenvalue weighted by Gasteiger charge is -2.14. The molecule has 6 aromatic rings. The van der Waals surface area contributed by atoms with Crippen LogP contribution in [-0.2, 0) is 0 Å². The van der Waals surface area contributed by atoms with Crippen molar-refractivity contribution >= 4 is 11.8 Å². The summed E-state index contributed by atoms with van der Waals surface area (Å²) < 4.78 is 40.2.